The van der Waals surface area contributed by atoms with Crippen LogP contribution in [0.2, 0.25) is 0 Å². The molecule has 2 saturated heterocycles. The normalized spacial score (nSPS) is 26.6. The summed E-state index contributed by atoms with van der Waals surface area (Å²) in [5.41, 5.74) is 1.91. The summed E-state index contributed by atoms with van der Waals surface area (Å²) in [6.45, 7) is 5.79. The number of aryl methyl sites for hydroxylation is 2. The Balaban J connectivity index is 1.48. The Hall–Kier alpha value is -2.21. The number of carbonyl (C=O) groups is 1. The number of halogens is 1. The van der Waals surface area contributed by atoms with Crippen molar-refractivity contribution in [1.29, 1.82) is 0 Å². The van der Waals surface area contributed by atoms with Gasteiger partial charge in [-0.1, -0.05) is 26.0 Å². The maximum absolute atomic E-state index is 13.4. The van der Waals surface area contributed by atoms with E-state index in [1.54, 1.807) is 4.68 Å². The Morgan fingerprint density at radius 3 is 2.77 bits per heavy atom. The lowest BCUT2D eigenvalue weighted by molar-refractivity contribution is -0.153. The first kappa shape index (κ1) is 21.0. The molecule has 2 aromatic rings. The van der Waals surface area contributed by atoms with Gasteiger partial charge in [0.05, 0.1) is 24.4 Å². The molecule has 0 saturated carbocycles. The van der Waals surface area contributed by atoms with Gasteiger partial charge < -0.3 is 9.64 Å². The van der Waals surface area contributed by atoms with E-state index >= 15 is 0 Å². The van der Waals surface area contributed by atoms with Crippen molar-refractivity contribution in [2.45, 2.75) is 57.6 Å². The Morgan fingerprint density at radius 2 is 2.10 bits per heavy atom. The number of aromatic nitrogens is 2. The zero-order valence-electron chi connectivity index (χ0n) is 18.2. The number of hydrogen-bond donors (Lipinski definition) is 0. The molecule has 0 radical (unpaired) electrons. The quantitative estimate of drug-likeness (QED) is 0.735. The molecule has 2 fully saturated rings. The molecule has 1 aromatic carbocycles. The molecule has 1 aromatic heterocycles. The van der Waals surface area contributed by atoms with Gasteiger partial charge in [-0.25, -0.2) is 4.39 Å². The number of ether oxygens (including phenoxy) is 1. The van der Waals surface area contributed by atoms with Crippen LogP contribution >= 0.6 is 0 Å². The van der Waals surface area contributed by atoms with Gasteiger partial charge in [-0.15, -0.1) is 0 Å². The predicted octanol–water partition coefficient (Wildman–Crippen LogP) is 4.29. The van der Waals surface area contributed by atoms with Gasteiger partial charge in [0.2, 0.25) is 5.91 Å². The Bertz CT molecular complexity index is 879. The summed E-state index contributed by atoms with van der Waals surface area (Å²) >= 11 is 0. The van der Waals surface area contributed by atoms with E-state index in [0.29, 0.717) is 25.4 Å². The molecule has 0 N–H and O–H groups in total. The molecule has 0 aliphatic carbocycles. The van der Waals surface area contributed by atoms with Gasteiger partial charge in [0.15, 0.2) is 0 Å². The summed E-state index contributed by atoms with van der Waals surface area (Å²) in [5, 5.41) is 4.20. The summed E-state index contributed by atoms with van der Waals surface area (Å²) in [6, 6.07) is 6.67. The van der Waals surface area contributed by atoms with Crippen LogP contribution in [-0.4, -0.2) is 39.3 Å². The highest BCUT2D eigenvalue weighted by molar-refractivity contribution is 5.77. The van der Waals surface area contributed by atoms with Crippen LogP contribution in [0.5, 0.6) is 0 Å². The second kappa shape index (κ2) is 8.50. The van der Waals surface area contributed by atoms with E-state index in [-0.39, 0.29) is 29.3 Å². The third-order valence-corrected chi connectivity index (χ3v) is 6.87. The topological polar surface area (TPSA) is 47.4 Å². The Kier molecular flexibility index (Phi) is 5.96. The third kappa shape index (κ3) is 4.15. The molecule has 6 heteroatoms. The van der Waals surface area contributed by atoms with Crippen LogP contribution in [-0.2, 0) is 23.0 Å². The maximum atomic E-state index is 13.4. The van der Waals surface area contributed by atoms with Crippen LogP contribution in [0.4, 0.5) is 4.39 Å². The first-order chi connectivity index (χ1) is 14.4. The van der Waals surface area contributed by atoms with Gasteiger partial charge in [0.25, 0.3) is 0 Å². The molecule has 0 unspecified atom stereocenters. The van der Waals surface area contributed by atoms with E-state index in [0.717, 1.165) is 36.9 Å². The lowest BCUT2D eigenvalue weighted by Crippen LogP contribution is -2.55. The van der Waals surface area contributed by atoms with Crippen molar-refractivity contribution >= 4 is 5.91 Å². The number of rotatable bonds is 5. The first-order valence-corrected chi connectivity index (χ1v) is 11.0. The van der Waals surface area contributed by atoms with Crippen LogP contribution in [0.3, 0.4) is 0 Å². The Morgan fingerprint density at radius 1 is 1.33 bits per heavy atom. The van der Waals surface area contributed by atoms with E-state index < -0.39 is 0 Å². The van der Waals surface area contributed by atoms with Gasteiger partial charge in [-0.3, -0.25) is 9.48 Å². The molecule has 3 atom stereocenters. The number of nitrogens with zero attached hydrogens (tertiary/aromatic N) is 3. The van der Waals surface area contributed by atoms with E-state index in [4.69, 9.17) is 4.74 Å². The number of likely N-dealkylation sites (tertiary alicyclic amines) is 1. The van der Waals surface area contributed by atoms with Crippen LogP contribution in [0.1, 0.15) is 56.8 Å². The van der Waals surface area contributed by atoms with E-state index in [1.165, 1.54) is 12.1 Å². The second-order valence-electron chi connectivity index (χ2n) is 9.29. The van der Waals surface area contributed by atoms with Crippen molar-refractivity contribution in [2.75, 3.05) is 13.2 Å². The highest BCUT2D eigenvalue weighted by Crippen LogP contribution is 2.47. The number of carbonyl (C=O) groups excluding carboxylic acids is 1. The molecule has 2 aliphatic heterocycles. The number of amides is 1. The lowest BCUT2D eigenvalue weighted by Gasteiger charge is -2.48. The van der Waals surface area contributed by atoms with Crippen molar-refractivity contribution < 1.29 is 13.9 Å². The van der Waals surface area contributed by atoms with Crippen molar-refractivity contribution in [3.05, 3.63) is 53.6 Å². The zero-order valence-corrected chi connectivity index (χ0v) is 18.2. The van der Waals surface area contributed by atoms with Crippen LogP contribution in [0.15, 0.2) is 36.7 Å². The standard InChI is InChI=1S/C24H32FN3O2/c1-17(2)21-13-24(16-30-23(21)19-6-8-20(25)9-7-19)11-4-12-28(24)22(29)10-5-18-14-26-27(3)15-18/h6-9,14-15,17,21,23H,4-5,10-13,16H2,1-3H3/t21-,23-,24-/m0/s1. The Labute approximate surface area is 178 Å². The van der Waals surface area contributed by atoms with Crippen LogP contribution in [0.25, 0.3) is 0 Å². The fourth-order valence-electron chi connectivity index (χ4n) is 5.23. The average Bonchev–Trinajstić information content (AvgIpc) is 3.33. The molecule has 1 amide bonds. The number of benzene rings is 1. The van der Waals surface area contributed by atoms with Gasteiger partial charge in [0, 0.05) is 26.2 Å². The minimum atomic E-state index is -0.228. The van der Waals surface area contributed by atoms with E-state index in [9.17, 15) is 9.18 Å². The summed E-state index contributed by atoms with van der Waals surface area (Å²) < 4.78 is 21.6. The van der Waals surface area contributed by atoms with Crippen molar-refractivity contribution in [1.82, 2.24) is 14.7 Å². The highest BCUT2D eigenvalue weighted by atomic mass is 19.1. The molecule has 5 nitrogen and oxygen atoms in total. The molecule has 30 heavy (non-hydrogen) atoms. The molecule has 3 heterocycles. The molecule has 2 aliphatic rings. The SMILES string of the molecule is CC(C)[C@@H]1C[C@@]2(CCCN2C(=O)CCc2cnn(C)c2)CO[C@H]1c1ccc(F)cc1. The monoisotopic (exact) mass is 413 g/mol. The van der Waals surface area contributed by atoms with Gasteiger partial charge in [-0.05, 0) is 60.8 Å². The summed E-state index contributed by atoms with van der Waals surface area (Å²) in [5.74, 6) is 0.678. The summed E-state index contributed by atoms with van der Waals surface area (Å²) in [6.07, 6.45) is 7.92. The van der Waals surface area contributed by atoms with Crippen molar-refractivity contribution in [3.63, 3.8) is 0 Å². The summed E-state index contributed by atoms with van der Waals surface area (Å²) in [7, 11) is 1.89. The number of hydrogen-bond acceptors (Lipinski definition) is 3. The lowest BCUT2D eigenvalue weighted by atomic mass is 9.73. The molecular formula is C24H32FN3O2. The van der Waals surface area contributed by atoms with Crippen LogP contribution in [0, 0.1) is 17.7 Å². The third-order valence-electron chi connectivity index (χ3n) is 6.87. The first-order valence-electron chi connectivity index (χ1n) is 11.0. The average molecular weight is 414 g/mol. The molecule has 4 rings (SSSR count). The van der Waals surface area contributed by atoms with Crippen molar-refractivity contribution in [2.24, 2.45) is 18.9 Å². The minimum Gasteiger partial charge on any atom is -0.371 e. The molecule has 162 valence electrons. The molecular weight excluding hydrogens is 381 g/mol. The zero-order chi connectivity index (χ0) is 21.3. The fourth-order valence-corrected chi connectivity index (χ4v) is 5.23. The highest BCUT2D eigenvalue weighted by Gasteiger charge is 2.50. The van der Waals surface area contributed by atoms with Crippen molar-refractivity contribution in [3.8, 4) is 0 Å². The van der Waals surface area contributed by atoms with Gasteiger partial charge in [0.1, 0.15) is 5.82 Å². The second-order valence-corrected chi connectivity index (χ2v) is 9.29. The smallest absolute Gasteiger partial charge is 0.223 e. The summed E-state index contributed by atoms with van der Waals surface area (Å²) in [4.78, 5) is 15.3. The predicted molar refractivity (Wildman–Crippen MR) is 113 cm³/mol. The van der Waals surface area contributed by atoms with E-state index in [1.807, 2.05) is 31.6 Å². The maximum Gasteiger partial charge on any atom is 0.223 e. The fraction of sp³-hybridized carbons (Fsp3) is 0.583. The van der Waals surface area contributed by atoms with E-state index in [2.05, 4.69) is 23.8 Å². The van der Waals surface area contributed by atoms with Gasteiger partial charge in [-0.2, -0.15) is 5.10 Å². The molecule has 1 spiro atoms. The minimum absolute atomic E-state index is 0.0517. The largest absolute Gasteiger partial charge is 0.371 e. The molecule has 0 bridgehead atoms. The van der Waals surface area contributed by atoms with Crippen LogP contribution < -0.4 is 0 Å². The van der Waals surface area contributed by atoms with Gasteiger partial charge >= 0.3 is 0 Å².